The second-order valence-electron chi connectivity index (χ2n) is 19.1. The number of urea groups is 1. The summed E-state index contributed by atoms with van der Waals surface area (Å²) < 4.78 is 32.4. The van der Waals surface area contributed by atoms with Gasteiger partial charge in [0, 0.05) is 55.5 Å². The van der Waals surface area contributed by atoms with E-state index in [1.54, 1.807) is 23.6 Å². The van der Waals surface area contributed by atoms with Gasteiger partial charge in [-0.3, -0.25) is 24.0 Å². The van der Waals surface area contributed by atoms with Crippen molar-refractivity contribution in [2.45, 2.75) is 157 Å². The number of rotatable bonds is 17. The van der Waals surface area contributed by atoms with Crippen LogP contribution in [0.25, 0.3) is 0 Å². The number of carbonyl (C=O) groups is 4. The summed E-state index contributed by atoms with van der Waals surface area (Å²) in [4.78, 5) is 84.9. The number of halogens is 3. The van der Waals surface area contributed by atoms with Crippen LogP contribution in [0.3, 0.4) is 0 Å². The first-order valence-corrected chi connectivity index (χ1v) is 23.4. The van der Waals surface area contributed by atoms with Crippen molar-refractivity contribution in [3.63, 3.8) is 0 Å². The van der Waals surface area contributed by atoms with Crippen LogP contribution >= 0.6 is 11.8 Å². The number of amides is 5. The lowest BCUT2D eigenvalue weighted by Gasteiger charge is -2.45. The number of hydrogen-bond acceptors (Lipinski definition) is 8. The number of thioether (sulfide) groups is 1. The molecule has 4 rings (SSSR count). The molecule has 2 saturated carbocycles. The van der Waals surface area contributed by atoms with Gasteiger partial charge in [-0.15, -0.1) is 0 Å². The van der Waals surface area contributed by atoms with Crippen LogP contribution in [-0.2, 0) is 19.8 Å². The fraction of sp³-hybridized carbons (Fsp3) is 0.778. The Bertz CT molecular complexity index is 1800. The first-order chi connectivity index (χ1) is 28.2. The molecule has 1 aliphatic heterocycles. The molecule has 0 radical (unpaired) electrons. The standard InChI is InChI=1S/C42H68N6O6S.C3H5F3/c1-13-41(10,11)29(23-47(14-2)33-31(40(7,8)9)34(49)35(33)50)46-39(54)45-27(6)42(18-16-15-17-19-42)38(53)48-22-28-25(4)30(28)32(48)37(52)44-26(5)24(3)36(51)43-20-21-55-12;1-2-3(4,5)6/h25-30,32H,3,13-23H2,1-2,4-12H3,(H,43,51)(H,44,52)(H2,45,46,54);2H2,1H3/t25?,26?,27?,28-,29?,30+,32?;/m1./s1. The lowest BCUT2D eigenvalue weighted by molar-refractivity contribution is -0.151. The van der Waals surface area contributed by atoms with E-state index in [2.05, 4.69) is 55.5 Å². The van der Waals surface area contributed by atoms with E-state index in [0.717, 1.165) is 38.4 Å². The third-order valence-corrected chi connectivity index (χ3v) is 14.3. The number of likely N-dealkylation sites (tertiary alicyclic amines) is 1. The summed E-state index contributed by atoms with van der Waals surface area (Å²) >= 11 is 1.63. The van der Waals surface area contributed by atoms with Crippen LogP contribution in [0.1, 0.15) is 127 Å². The number of anilines is 1. The number of piperidine rings is 1. The Morgan fingerprint density at radius 3 is 2.03 bits per heavy atom. The zero-order chi connectivity index (χ0) is 46.4. The van der Waals surface area contributed by atoms with E-state index in [1.807, 2.05) is 45.8 Å². The van der Waals surface area contributed by atoms with E-state index < -0.39 is 58.4 Å². The Balaban J connectivity index is 0.00000154. The SMILES string of the molecule is C=C(C(=O)NCCSC)C(C)NC(=O)C1[C@H]2C(C)[C@H]2CN1C(=O)C1(C(C)NC(=O)NC(CN(CC)c2c(C(C)(C)C)c(=O)c2=O)C(C)(C)CC)CCCCC1.CCC(F)(F)F. The van der Waals surface area contributed by atoms with E-state index in [4.69, 9.17) is 0 Å². The highest BCUT2D eigenvalue weighted by molar-refractivity contribution is 7.98. The molecule has 61 heavy (non-hydrogen) atoms. The van der Waals surface area contributed by atoms with Gasteiger partial charge in [-0.25, -0.2) is 4.79 Å². The highest BCUT2D eigenvalue weighted by Gasteiger charge is 2.64. The molecule has 2 aliphatic carbocycles. The maximum Gasteiger partial charge on any atom is 0.388 e. The van der Waals surface area contributed by atoms with Crippen LogP contribution in [0.2, 0.25) is 0 Å². The monoisotopic (exact) mass is 883 g/mol. The minimum atomic E-state index is -3.96. The molecule has 346 valence electrons. The quantitative estimate of drug-likeness (QED) is 0.0792. The maximum absolute atomic E-state index is 14.9. The molecule has 0 aromatic heterocycles. The van der Waals surface area contributed by atoms with Crippen LogP contribution < -0.4 is 37.0 Å². The largest absolute Gasteiger partial charge is 0.388 e. The second-order valence-corrected chi connectivity index (χ2v) is 20.1. The third-order valence-electron chi connectivity index (χ3n) is 13.7. The van der Waals surface area contributed by atoms with Crippen LogP contribution in [0.15, 0.2) is 21.7 Å². The first kappa shape index (κ1) is 51.8. The molecule has 1 aromatic rings. The number of likely N-dealkylation sites (N-methyl/N-ethyl adjacent to an activating group) is 1. The van der Waals surface area contributed by atoms with Gasteiger partial charge in [-0.2, -0.15) is 24.9 Å². The number of nitrogens with one attached hydrogen (secondary N) is 4. The molecule has 16 heteroatoms. The first-order valence-electron chi connectivity index (χ1n) is 22.0. The van der Waals surface area contributed by atoms with E-state index in [-0.39, 0.29) is 46.6 Å². The van der Waals surface area contributed by atoms with Crippen molar-refractivity contribution >= 4 is 41.2 Å². The van der Waals surface area contributed by atoms with Gasteiger partial charge in [0.25, 0.3) is 0 Å². The van der Waals surface area contributed by atoms with Crippen LogP contribution in [-0.4, -0.2) is 97.2 Å². The smallest absolute Gasteiger partial charge is 0.366 e. The highest BCUT2D eigenvalue weighted by atomic mass is 32.2. The summed E-state index contributed by atoms with van der Waals surface area (Å²) in [7, 11) is 0. The Morgan fingerprint density at radius 1 is 0.934 bits per heavy atom. The van der Waals surface area contributed by atoms with E-state index in [9.17, 15) is 41.9 Å². The number of carbonyl (C=O) groups excluding carboxylic acids is 4. The Labute approximate surface area is 365 Å². The normalized spacial score (nSPS) is 22.4. The molecule has 1 heterocycles. The van der Waals surface area contributed by atoms with Gasteiger partial charge in [0.05, 0.1) is 23.2 Å². The summed E-state index contributed by atoms with van der Waals surface area (Å²) in [6, 6.07) is -2.59. The molecule has 12 nitrogen and oxygen atoms in total. The molecule has 3 aliphatic rings. The lowest BCUT2D eigenvalue weighted by atomic mass is 9.68. The molecule has 1 aromatic carbocycles. The second kappa shape index (κ2) is 20.7. The lowest BCUT2D eigenvalue weighted by Crippen LogP contribution is -2.62. The highest BCUT2D eigenvalue weighted by Crippen LogP contribution is 2.56. The van der Waals surface area contributed by atoms with Gasteiger partial charge in [-0.1, -0.05) is 81.2 Å². The fourth-order valence-corrected chi connectivity index (χ4v) is 9.28. The molecule has 7 atom stereocenters. The Morgan fingerprint density at radius 2 is 1.52 bits per heavy atom. The van der Waals surface area contributed by atoms with Crippen molar-refractivity contribution in [1.29, 1.82) is 0 Å². The minimum absolute atomic E-state index is 0.0392. The summed E-state index contributed by atoms with van der Waals surface area (Å²) in [5, 5.41) is 12.2. The molecule has 4 N–H and O–H groups in total. The number of alkyl halides is 3. The number of nitrogens with zero attached hydrogens (tertiary/aromatic N) is 2. The van der Waals surface area contributed by atoms with Gasteiger partial charge in [0.2, 0.25) is 28.6 Å². The molecule has 0 bridgehead atoms. The molecule has 1 saturated heterocycles. The van der Waals surface area contributed by atoms with E-state index >= 15 is 0 Å². The van der Waals surface area contributed by atoms with Crippen molar-refractivity contribution in [3.8, 4) is 0 Å². The van der Waals surface area contributed by atoms with Crippen LogP contribution in [0.5, 0.6) is 0 Å². The Kier molecular flexibility index (Phi) is 17.6. The van der Waals surface area contributed by atoms with Gasteiger partial charge in [-0.05, 0) is 74.9 Å². The van der Waals surface area contributed by atoms with Crippen LogP contribution in [0, 0.1) is 28.6 Å². The van der Waals surface area contributed by atoms with Gasteiger partial charge >= 0.3 is 12.2 Å². The summed E-state index contributed by atoms with van der Waals surface area (Å²) in [5.74, 6) is 0.668. The Hall–Kier alpha value is -3.56. The predicted octanol–water partition coefficient (Wildman–Crippen LogP) is 6.44. The average molecular weight is 883 g/mol. The third kappa shape index (κ3) is 12.1. The van der Waals surface area contributed by atoms with E-state index in [0.29, 0.717) is 56.2 Å². The molecular weight excluding hydrogens is 810 g/mol. The topological polar surface area (TPSA) is 157 Å². The van der Waals surface area contributed by atoms with Crippen molar-refractivity contribution in [2.24, 2.45) is 28.6 Å². The van der Waals surface area contributed by atoms with Crippen LogP contribution in [0.4, 0.5) is 23.7 Å². The van der Waals surface area contributed by atoms with Gasteiger partial charge in [0.15, 0.2) is 0 Å². The number of fused-ring (bicyclic) bond motifs is 1. The van der Waals surface area contributed by atoms with E-state index in [1.165, 1.54) is 0 Å². The molecule has 0 spiro atoms. The fourth-order valence-electron chi connectivity index (χ4n) is 8.97. The molecule has 5 unspecified atom stereocenters. The van der Waals surface area contributed by atoms with Gasteiger partial charge < -0.3 is 31.1 Å². The predicted molar refractivity (Wildman–Crippen MR) is 239 cm³/mol. The van der Waals surface area contributed by atoms with Crippen molar-refractivity contribution < 1.29 is 32.3 Å². The summed E-state index contributed by atoms with van der Waals surface area (Å²) in [6.45, 7) is 26.6. The van der Waals surface area contributed by atoms with Gasteiger partial charge in [0.1, 0.15) is 6.04 Å². The minimum Gasteiger partial charge on any atom is -0.366 e. The molecule has 3 fully saturated rings. The summed E-state index contributed by atoms with van der Waals surface area (Å²) in [5.41, 5.74) is -1.45. The maximum atomic E-state index is 14.9. The number of hydrogen-bond donors (Lipinski definition) is 4. The zero-order valence-corrected chi connectivity index (χ0v) is 39.4. The average Bonchev–Trinajstić information content (AvgIpc) is 3.62. The zero-order valence-electron chi connectivity index (χ0n) is 38.6. The summed E-state index contributed by atoms with van der Waals surface area (Å²) in [6.07, 6.45) is 1.89. The van der Waals surface area contributed by atoms with Crippen molar-refractivity contribution in [1.82, 2.24) is 26.2 Å². The van der Waals surface area contributed by atoms with Crippen molar-refractivity contribution in [2.75, 3.05) is 43.1 Å². The molecular formula is C45H73F3N6O6S. The molecule has 5 amide bonds. The van der Waals surface area contributed by atoms with Crippen molar-refractivity contribution in [3.05, 3.63) is 38.2 Å².